The van der Waals surface area contributed by atoms with Gasteiger partial charge in [-0.25, -0.2) is 0 Å². The molecule has 0 unspecified atom stereocenters. The van der Waals surface area contributed by atoms with Crippen LogP contribution in [0.15, 0.2) is 42.5 Å². The van der Waals surface area contributed by atoms with Crippen molar-refractivity contribution in [3.63, 3.8) is 0 Å². The van der Waals surface area contributed by atoms with Crippen LogP contribution in [0.4, 0.5) is 13.2 Å². The molecule has 148 valence electrons. The number of hydrogen-bond acceptors (Lipinski definition) is 4. The lowest BCUT2D eigenvalue weighted by Gasteiger charge is -2.22. The minimum Gasteiger partial charge on any atom is -0.454 e. The smallest absolute Gasteiger partial charge is 0.417 e. The van der Waals surface area contributed by atoms with Crippen molar-refractivity contribution in [3.8, 4) is 11.5 Å². The largest absolute Gasteiger partial charge is 0.454 e. The lowest BCUT2D eigenvalue weighted by molar-refractivity contribution is -0.138. The van der Waals surface area contributed by atoms with Gasteiger partial charge in [-0.15, -0.1) is 0 Å². The molecule has 28 heavy (non-hydrogen) atoms. The average Bonchev–Trinajstić information content (AvgIpc) is 3.01. The summed E-state index contributed by atoms with van der Waals surface area (Å²) in [5, 5.41) is 0.144. The molecule has 0 radical (unpaired) electrons. The fourth-order valence-corrected chi connectivity index (χ4v) is 4.66. The minimum absolute atomic E-state index is 0.144. The number of thioether (sulfide) groups is 1. The Bertz CT molecular complexity index is 887. The third-order valence-corrected chi connectivity index (χ3v) is 6.19. The van der Waals surface area contributed by atoms with Gasteiger partial charge in [0.05, 0.1) is 11.1 Å². The maximum Gasteiger partial charge on any atom is 0.417 e. The second-order valence-corrected chi connectivity index (χ2v) is 7.91. The fraction of sp³-hybridized carbons (Fsp3) is 0.350. The van der Waals surface area contributed by atoms with E-state index in [1.807, 2.05) is 18.2 Å². The average molecular weight is 409 g/mol. The molecular weight excluding hydrogens is 391 g/mol. The van der Waals surface area contributed by atoms with Gasteiger partial charge in [0.15, 0.2) is 11.5 Å². The quantitative estimate of drug-likeness (QED) is 0.717. The first-order valence-electron chi connectivity index (χ1n) is 8.90. The van der Waals surface area contributed by atoms with E-state index in [0.717, 1.165) is 11.6 Å². The fourth-order valence-electron chi connectivity index (χ4n) is 3.44. The monoisotopic (exact) mass is 409 g/mol. The maximum absolute atomic E-state index is 13.3. The highest BCUT2D eigenvalue weighted by molar-refractivity contribution is 7.99. The Kier molecular flexibility index (Phi) is 5.14. The highest BCUT2D eigenvalue weighted by Crippen LogP contribution is 2.40. The minimum atomic E-state index is -4.55. The Hall–Kier alpha value is -2.35. The number of amides is 1. The molecule has 0 bridgehead atoms. The van der Waals surface area contributed by atoms with Crippen LogP contribution in [-0.2, 0) is 6.18 Å². The number of nitrogens with zero attached hydrogens (tertiary/aromatic N) is 1. The summed E-state index contributed by atoms with van der Waals surface area (Å²) in [7, 11) is 0. The number of halogens is 3. The van der Waals surface area contributed by atoms with Gasteiger partial charge in [-0.2, -0.15) is 24.9 Å². The van der Waals surface area contributed by atoms with Crippen LogP contribution in [-0.4, -0.2) is 36.4 Å². The van der Waals surface area contributed by atoms with E-state index in [9.17, 15) is 18.0 Å². The number of benzene rings is 2. The predicted octanol–water partition coefficient (Wildman–Crippen LogP) is 4.75. The lowest BCUT2D eigenvalue weighted by Crippen LogP contribution is -2.34. The number of ether oxygens (including phenoxy) is 2. The van der Waals surface area contributed by atoms with E-state index in [4.69, 9.17) is 9.47 Å². The van der Waals surface area contributed by atoms with E-state index in [1.165, 1.54) is 23.1 Å². The summed E-state index contributed by atoms with van der Waals surface area (Å²) in [5.41, 5.74) is -0.106. The number of hydrogen-bond donors (Lipinski definition) is 0. The number of carbonyl (C=O) groups excluding carboxylic acids is 1. The molecule has 2 aromatic carbocycles. The third-order valence-electron chi connectivity index (χ3n) is 4.86. The SMILES string of the molecule is O=C(c1ccccc1C(F)(F)F)N1CCS[C@H](c2ccc3c(c2)OCO3)CC1. The van der Waals surface area contributed by atoms with Crippen molar-refractivity contribution < 1.29 is 27.4 Å². The molecular formula is C20H18F3NO3S. The molecule has 1 saturated heterocycles. The summed E-state index contributed by atoms with van der Waals surface area (Å²) in [6, 6.07) is 10.7. The van der Waals surface area contributed by atoms with Gasteiger partial charge < -0.3 is 14.4 Å². The van der Waals surface area contributed by atoms with Crippen LogP contribution in [0.2, 0.25) is 0 Å². The van der Waals surface area contributed by atoms with Crippen molar-refractivity contribution in [1.29, 1.82) is 0 Å². The van der Waals surface area contributed by atoms with E-state index in [2.05, 4.69) is 0 Å². The van der Waals surface area contributed by atoms with Crippen LogP contribution in [0.3, 0.4) is 0 Å². The van der Waals surface area contributed by atoms with E-state index >= 15 is 0 Å². The Morgan fingerprint density at radius 1 is 1.07 bits per heavy atom. The number of rotatable bonds is 2. The summed E-state index contributed by atoms with van der Waals surface area (Å²) >= 11 is 1.70. The molecule has 0 aromatic heterocycles. The summed E-state index contributed by atoms with van der Waals surface area (Å²) < 4.78 is 50.5. The zero-order valence-electron chi connectivity index (χ0n) is 14.9. The summed E-state index contributed by atoms with van der Waals surface area (Å²) in [6.45, 7) is 1.02. The Morgan fingerprint density at radius 3 is 2.68 bits per heavy atom. The molecule has 4 rings (SSSR count). The molecule has 2 aliphatic rings. The molecule has 0 saturated carbocycles. The first kappa shape index (κ1) is 19.0. The number of alkyl halides is 3. The number of fused-ring (bicyclic) bond motifs is 1. The Labute approximate surface area is 164 Å². The van der Waals surface area contributed by atoms with Crippen molar-refractivity contribution in [2.75, 3.05) is 25.6 Å². The highest BCUT2D eigenvalue weighted by atomic mass is 32.2. The zero-order valence-corrected chi connectivity index (χ0v) is 15.7. The van der Waals surface area contributed by atoms with Gasteiger partial charge in [0.25, 0.3) is 5.91 Å². The second kappa shape index (κ2) is 7.58. The van der Waals surface area contributed by atoms with Crippen molar-refractivity contribution in [2.24, 2.45) is 0 Å². The molecule has 2 aromatic rings. The molecule has 2 heterocycles. The van der Waals surface area contributed by atoms with Crippen molar-refractivity contribution in [1.82, 2.24) is 4.90 Å². The molecule has 0 aliphatic carbocycles. The normalized spacial score (nSPS) is 19.4. The standard InChI is InChI=1S/C20H18F3NO3S/c21-20(22,23)15-4-2-1-3-14(15)19(25)24-8-7-18(28-10-9-24)13-5-6-16-17(11-13)27-12-26-16/h1-6,11,18H,7-10,12H2/t18-/m0/s1. The van der Waals surface area contributed by atoms with Crippen LogP contribution in [0, 0.1) is 0 Å². The van der Waals surface area contributed by atoms with Crippen molar-refractivity contribution in [2.45, 2.75) is 17.8 Å². The van der Waals surface area contributed by atoms with Crippen LogP contribution in [0.25, 0.3) is 0 Å². The van der Waals surface area contributed by atoms with Crippen LogP contribution < -0.4 is 9.47 Å². The molecule has 1 amide bonds. The van der Waals surface area contributed by atoms with Gasteiger partial charge in [0.1, 0.15) is 0 Å². The summed E-state index contributed by atoms with van der Waals surface area (Å²) in [4.78, 5) is 14.3. The highest BCUT2D eigenvalue weighted by Gasteiger charge is 2.36. The van der Waals surface area contributed by atoms with E-state index in [0.29, 0.717) is 36.8 Å². The van der Waals surface area contributed by atoms with Gasteiger partial charge in [-0.3, -0.25) is 4.79 Å². The molecule has 8 heteroatoms. The predicted molar refractivity (Wildman–Crippen MR) is 99.7 cm³/mol. The van der Waals surface area contributed by atoms with Gasteiger partial charge in [0, 0.05) is 24.1 Å². The first-order valence-corrected chi connectivity index (χ1v) is 9.95. The lowest BCUT2D eigenvalue weighted by atomic mass is 10.0. The van der Waals surface area contributed by atoms with Gasteiger partial charge in [-0.05, 0) is 36.2 Å². The topological polar surface area (TPSA) is 38.8 Å². The van der Waals surface area contributed by atoms with Gasteiger partial charge in [0.2, 0.25) is 6.79 Å². The van der Waals surface area contributed by atoms with Gasteiger partial charge in [-0.1, -0.05) is 18.2 Å². The molecule has 1 atom stereocenters. The summed E-state index contributed by atoms with van der Waals surface area (Å²) in [5.74, 6) is 1.50. The molecule has 0 N–H and O–H groups in total. The summed E-state index contributed by atoms with van der Waals surface area (Å²) in [6.07, 6.45) is -3.90. The zero-order chi connectivity index (χ0) is 19.7. The van der Waals surface area contributed by atoms with Crippen LogP contribution >= 0.6 is 11.8 Å². The van der Waals surface area contributed by atoms with Crippen LogP contribution in [0.5, 0.6) is 11.5 Å². The molecule has 0 spiro atoms. The van der Waals surface area contributed by atoms with E-state index < -0.39 is 17.6 Å². The third kappa shape index (κ3) is 3.78. The number of carbonyl (C=O) groups is 1. The Balaban J connectivity index is 1.50. The van der Waals surface area contributed by atoms with Crippen LogP contribution in [0.1, 0.15) is 33.2 Å². The maximum atomic E-state index is 13.3. The van der Waals surface area contributed by atoms with E-state index in [-0.39, 0.29) is 17.6 Å². The Morgan fingerprint density at radius 2 is 1.86 bits per heavy atom. The molecule has 4 nitrogen and oxygen atoms in total. The second-order valence-electron chi connectivity index (χ2n) is 6.60. The first-order chi connectivity index (χ1) is 13.4. The van der Waals surface area contributed by atoms with E-state index in [1.54, 1.807) is 11.8 Å². The van der Waals surface area contributed by atoms with Crippen molar-refractivity contribution in [3.05, 3.63) is 59.2 Å². The molecule has 2 aliphatic heterocycles. The molecule has 1 fully saturated rings. The van der Waals surface area contributed by atoms with Gasteiger partial charge >= 0.3 is 6.18 Å². The van der Waals surface area contributed by atoms with Crippen molar-refractivity contribution >= 4 is 17.7 Å².